The number of rotatable bonds is 5. The standard InChI is InChI=1S/C21H23NO3S/c1-4-14-9-10-16-15(11-14)12-18(25-21(16)24)20(23)22-17-7-5-6-8-19(17)26-13(2)3/h5-11,13,18H,4,12H2,1-3H3,(H,22,23). The van der Waals surface area contributed by atoms with Crippen molar-refractivity contribution in [2.24, 2.45) is 0 Å². The Bertz CT molecular complexity index is 832. The zero-order valence-corrected chi connectivity index (χ0v) is 16.1. The second-order valence-corrected chi connectivity index (χ2v) is 8.21. The van der Waals surface area contributed by atoms with Crippen LogP contribution in [0.15, 0.2) is 47.4 Å². The number of anilines is 1. The minimum absolute atomic E-state index is 0.289. The monoisotopic (exact) mass is 369 g/mol. The van der Waals surface area contributed by atoms with E-state index in [1.165, 1.54) is 0 Å². The van der Waals surface area contributed by atoms with Crippen LogP contribution in [0.4, 0.5) is 5.69 Å². The predicted octanol–water partition coefficient (Wildman–Crippen LogP) is 4.47. The Balaban J connectivity index is 1.78. The smallest absolute Gasteiger partial charge is 0.339 e. The first-order valence-corrected chi connectivity index (χ1v) is 9.75. The van der Waals surface area contributed by atoms with Gasteiger partial charge >= 0.3 is 5.97 Å². The normalized spacial score (nSPS) is 16.2. The van der Waals surface area contributed by atoms with Crippen molar-refractivity contribution in [3.05, 3.63) is 59.2 Å². The number of carbonyl (C=O) groups is 2. The second-order valence-electron chi connectivity index (χ2n) is 6.60. The number of esters is 1. The van der Waals surface area contributed by atoms with E-state index in [-0.39, 0.29) is 5.91 Å². The fraction of sp³-hybridized carbons (Fsp3) is 0.333. The van der Waals surface area contributed by atoms with Crippen molar-refractivity contribution in [3.63, 3.8) is 0 Å². The lowest BCUT2D eigenvalue weighted by Gasteiger charge is -2.24. The van der Waals surface area contributed by atoms with Crippen LogP contribution in [-0.2, 0) is 22.4 Å². The maximum absolute atomic E-state index is 12.7. The molecule has 1 unspecified atom stereocenters. The Labute approximate surface area is 158 Å². The zero-order chi connectivity index (χ0) is 18.7. The Morgan fingerprint density at radius 1 is 1.27 bits per heavy atom. The van der Waals surface area contributed by atoms with Gasteiger partial charge in [-0.25, -0.2) is 4.79 Å². The Morgan fingerprint density at radius 3 is 2.77 bits per heavy atom. The summed E-state index contributed by atoms with van der Waals surface area (Å²) < 4.78 is 5.38. The van der Waals surface area contributed by atoms with E-state index in [9.17, 15) is 9.59 Å². The van der Waals surface area contributed by atoms with Crippen molar-refractivity contribution in [2.75, 3.05) is 5.32 Å². The van der Waals surface area contributed by atoms with E-state index in [0.29, 0.717) is 17.2 Å². The van der Waals surface area contributed by atoms with Gasteiger partial charge in [-0.05, 0) is 35.7 Å². The molecule has 1 aliphatic rings. The minimum Gasteiger partial charge on any atom is -0.448 e. The summed E-state index contributed by atoms with van der Waals surface area (Å²) in [7, 11) is 0. The van der Waals surface area contributed by atoms with Crippen LogP contribution < -0.4 is 5.32 Å². The molecule has 1 N–H and O–H groups in total. The molecule has 0 fully saturated rings. The van der Waals surface area contributed by atoms with E-state index in [2.05, 4.69) is 26.1 Å². The molecular weight excluding hydrogens is 346 g/mol. The van der Waals surface area contributed by atoms with Crippen LogP contribution in [0.25, 0.3) is 0 Å². The molecule has 4 nitrogen and oxygen atoms in total. The molecule has 0 spiro atoms. The van der Waals surface area contributed by atoms with Crippen molar-refractivity contribution in [3.8, 4) is 0 Å². The van der Waals surface area contributed by atoms with Gasteiger partial charge in [-0.3, -0.25) is 4.79 Å². The molecule has 2 aromatic rings. The highest BCUT2D eigenvalue weighted by molar-refractivity contribution is 8.00. The minimum atomic E-state index is -0.806. The number of ether oxygens (including phenoxy) is 1. The van der Waals surface area contributed by atoms with Crippen LogP contribution in [0.3, 0.4) is 0 Å². The number of fused-ring (bicyclic) bond motifs is 1. The van der Waals surface area contributed by atoms with Crippen LogP contribution >= 0.6 is 11.8 Å². The van der Waals surface area contributed by atoms with E-state index >= 15 is 0 Å². The van der Waals surface area contributed by atoms with Gasteiger partial charge in [0.25, 0.3) is 5.91 Å². The summed E-state index contributed by atoms with van der Waals surface area (Å²) in [5.41, 5.74) is 3.34. The third-order valence-corrected chi connectivity index (χ3v) is 5.33. The lowest BCUT2D eigenvalue weighted by Crippen LogP contribution is -2.38. The largest absolute Gasteiger partial charge is 0.448 e. The molecule has 0 saturated heterocycles. The maximum Gasteiger partial charge on any atom is 0.339 e. The summed E-state index contributed by atoms with van der Waals surface area (Å²) in [5.74, 6) is -0.721. The predicted molar refractivity (Wildman–Crippen MR) is 105 cm³/mol. The van der Waals surface area contributed by atoms with E-state index < -0.39 is 12.1 Å². The summed E-state index contributed by atoms with van der Waals surface area (Å²) in [6.07, 6.45) is 0.485. The molecule has 0 saturated carbocycles. The van der Waals surface area contributed by atoms with E-state index in [1.807, 2.05) is 36.4 Å². The Hall–Kier alpha value is -2.27. The highest BCUT2D eigenvalue weighted by Gasteiger charge is 2.31. The first-order chi connectivity index (χ1) is 12.5. The van der Waals surface area contributed by atoms with E-state index in [1.54, 1.807) is 17.8 Å². The van der Waals surface area contributed by atoms with Crippen molar-refractivity contribution in [1.29, 1.82) is 0 Å². The van der Waals surface area contributed by atoms with Crippen LogP contribution in [-0.4, -0.2) is 23.2 Å². The summed E-state index contributed by atoms with van der Waals surface area (Å²) in [6, 6.07) is 13.4. The van der Waals surface area contributed by atoms with Gasteiger partial charge in [-0.15, -0.1) is 11.8 Å². The molecule has 26 heavy (non-hydrogen) atoms. The van der Waals surface area contributed by atoms with E-state index in [0.717, 1.165) is 28.1 Å². The number of carbonyl (C=O) groups excluding carboxylic acids is 2. The molecule has 0 bridgehead atoms. The number of aryl methyl sites for hydroxylation is 1. The molecule has 5 heteroatoms. The van der Waals surface area contributed by atoms with Gasteiger partial charge in [-0.2, -0.15) is 0 Å². The fourth-order valence-electron chi connectivity index (χ4n) is 2.96. The summed E-state index contributed by atoms with van der Waals surface area (Å²) in [5, 5.41) is 3.33. The van der Waals surface area contributed by atoms with Crippen LogP contribution in [0.5, 0.6) is 0 Å². The van der Waals surface area contributed by atoms with Crippen LogP contribution in [0.2, 0.25) is 0 Å². The molecule has 3 rings (SSSR count). The molecule has 1 aliphatic heterocycles. The third kappa shape index (κ3) is 4.10. The maximum atomic E-state index is 12.7. The van der Waals surface area contributed by atoms with Gasteiger partial charge < -0.3 is 10.1 Å². The van der Waals surface area contributed by atoms with Gasteiger partial charge in [0, 0.05) is 16.6 Å². The van der Waals surface area contributed by atoms with Crippen molar-refractivity contribution in [1.82, 2.24) is 0 Å². The quantitative estimate of drug-likeness (QED) is 0.624. The van der Waals surface area contributed by atoms with Crippen LogP contribution in [0.1, 0.15) is 42.3 Å². The molecule has 1 atom stereocenters. The topological polar surface area (TPSA) is 55.4 Å². The average Bonchev–Trinajstić information content (AvgIpc) is 2.62. The molecular formula is C21H23NO3S. The summed E-state index contributed by atoms with van der Waals surface area (Å²) in [6.45, 7) is 6.28. The summed E-state index contributed by atoms with van der Waals surface area (Å²) >= 11 is 1.69. The third-order valence-electron chi connectivity index (χ3n) is 4.25. The van der Waals surface area contributed by atoms with Gasteiger partial charge in [0.15, 0.2) is 6.10 Å². The zero-order valence-electron chi connectivity index (χ0n) is 15.2. The highest BCUT2D eigenvalue weighted by Crippen LogP contribution is 2.31. The molecule has 1 heterocycles. The number of benzene rings is 2. The number of hydrogen-bond donors (Lipinski definition) is 1. The molecule has 0 radical (unpaired) electrons. The highest BCUT2D eigenvalue weighted by atomic mass is 32.2. The molecule has 0 aromatic heterocycles. The van der Waals surface area contributed by atoms with Crippen molar-refractivity contribution < 1.29 is 14.3 Å². The summed E-state index contributed by atoms with van der Waals surface area (Å²) in [4.78, 5) is 26.0. The number of nitrogens with one attached hydrogen (secondary N) is 1. The SMILES string of the molecule is CCc1ccc2c(c1)CC(C(=O)Nc1ccccc1SC(C)C)OC2=O. The Morgan fingerprint density at radius 2 is 2.04 bits per heavy atom. The average molecular weight is 369 g/mol. The number of hydrogen-bond acceptors (Lipinski definition) is 4. The Kier molecular flexibility index (Phi) is 5.67. The van der Waals surface area contributed by atoms with Crippen molar-refractivity contribution in [2.45, 2.75) is 49.9 Å². The second kappa shape index (κ2) is 7.96. The number of thioether (sulfide) groups is 1. The van der Waals surface area contributed by atoms with Gasteiger partial charge in [0.2, 0.25) is 0 Å². The number of amides is 1. The first-order valence-electron chi connectivity index (χ1n) is 8.87. The van der Waals surface area contributed by atoms with Gasteiger partial charge in [0.1, 0.15) is 0 Å². The van der Waals surface area contributed by atoms with Gasteiger partial charge in [0.05, 0.1) is 11.3 Å². The van der Waals surface area contributed by atoms with Gasteiger partial charge in [-0.1, -0.05) is 45.0 Å². The number of cyclic esters (lactones) is 1. The molecule has 1 amide bonds. The lowest BCUT2D eigenvalue weighted by molar-refractivity contribution is -0.125. The molecule has 0 aliphatic carbocycles. The van der Waals surface area contributed by atoms with Crippen molar-refractivity contribution >= 4 is 29.3 Å². The van der Waals surface area contributed by atoms with Crippen LogP contribution in [0, 0.1) is 0 Å². The first kappa shape index (κ1) is 18.5. The fourth-order valence-corrected chi connectivity index (χ4v) is 3.87. The lowest BCUT2D eigenvalue weighted by atomic mass is 9.95. The van der Waals surface area contributed by atoms with E-state index in [4.69, 9.17) is 4.74 Å². The molecule has 2 aromatic carbocycles. The number of para-hydroxylation sites is 1. The molecule has 136 valence electrons.